The summed E-state index contributed by atoms with van der Waals surface area (Å²) in [6, 6.07) is 3.26. The van der Waals surface area contributed by atoms with E-state index in [0.29, 0.717) is 27.9 Å². The van der Waals surface area contributed by atoms with E-state index in [2.05, 4.69) is 10.3 Å². The van der Waals surface area contributed by atoms with Crippen LogP contribution in [0.5, 0.6) is 17.2 Å². The molecule has 1 N–H and O–H groups in total. The summed E-state index contributed by atoms with van der Waals surface area (Å²) in [7, 11) is 4.59. The van der Waals surface area contributed by atoms with Crippen LogP contribution in [0, 0.1) is 0 Å². The fraction of sp³-hybridized carbons (Fsp3) is 0.444. The van der Waals surface area contributed by atoms with E-state index in [-0.39, 0.29) is 5.91 Å². The van der Waals surface area contributed by atoms with Crippen molar-refractivity contribution in [2.75, 3.05) is 26.6 Å². The first kappa shape index (κ1) is 17.5. The number of amides is 1. The molecular weight excluding hydrogens is 340 g/mol. The summed E-state index contributed by atoms with van der Waals surface area (Å²) in [5, 5.41) is 3.52. The Morgan fingerprint density at radius 2 is 1.68 bits per heavy atom. The van der Waals surface area contributed by atoms with Crippen molar-refractivity contribution in [3.63, 3.8) is 0 Å². The highest BCUT2D eigenvalue weighted by Crippen LogP contribution is 2.35. The molecule has 0 radical (unpaired) electrons. The molecule has 6 nitrogen and oxygen atoms in total. The molecule has 7 heteroatoms. The number of rotatable bonds is 5. The topological polar surface area (TPSA) is 69.7 Å². The lowest BCUT2D eigenvalue weighted by atomic mass is 10.1. The lowest BCUT2D eigenvalue weighted by molar-refractivity contribution is 0.102. The molecule has 0 bridgehead atoms. The van der Waals surface area contributed by atoms with E-state index >= 15 is 0 Å². The summed E-state index contributed by atoms with van der Waals surface area (Å²) in [6.45, 7) is 0. The number of nitrogens with zero attached hydrogens (tertiary/aromatic N) is 1. The van der Waals surface area contributed by atoms with Crippen molar-refractivity contribution < 1.29 is 19.0 Å². The van der Waals surface area contributed by atoms with E-state index in [1.54, 1.807) is 30.6 Å². The number of hydrogen-bond donors (Lipinski definition) is 1. The first-order chi connectivity index (χ1) is 12.2. The summed E-state index contributed by atoms with van der Waals surface area (Å²) in [5.41, 5.74) is 1.50. The first-order valence-corrected chi connectivity index (χ1v) is 9.08. The quantitative estimate of drug-likeness (QED) is 0.822. The summed E-state index contributed by atoms with van der Waals surface area (Å²) in [5.74, 6) is 1.13. The van der Waals surface area contributed by atoms with Crippen LogP contribution in [0.15, 0.2) is 12.1 Å². The van der Waals surface area contributed by atoms with Gasteiger partial charge in [0.25, 0.3) is 5.91 Å². The van der Waals surface area contributed by atoms with Crippen LogP contribution in [0.1, 0.15) is 40.2 Å². The molecule has 0 spiro atoms. The molecule has 1 aromatic carbocycles. The number of fused-ring (bicyclic) bond motifs is 1. The zero-order chi connectivity index (χ0) is 17.8. The molecule has 1 aromatic heterocycles. The van der Waals surface area contributed by atoms with Crippen LogP contribution < -0.4 is 19.5 Å². The van der Waals surface area contributed by atoms with Gasteiger partial charge < -0.3 is 14.2 Å². The fourth-order valence-corrected chi connectivity index (χ4v) is 4.00. The average molecular weight is 362 g/mol. The maximum atomic E-state index is 12.7. The zero-order valence-corrected chi connectivity index (χ0v) is 15.5. The number of benzene rings is 1. The summed E-state index contributed by atoms with van der Waals surface area (Å²) < 4.78 is 15.9. The van der Waals surface area contributed by atoms with E-state index in [9.17, 15) is 4.79 Å². The number of nitrogens with one attached hydrogen (secondary N) is 1. The number of ether oxygens (including phenoxy) is 3. The van der Waals surface area contributed by atoms with Crippen molar-refractivity contribution in [1.29, 1.82) is 0 Å². The van der Waals surface area contributed by atoms with Gasteiger partial charge in [0.15, 0.2) is 16.6 Å². The molecule has 0 atom stereocenters. The smallest absolute Gasteiger partial charge is 0.261 e. The highest BCUT2D eigenvalue weighted by Gasteiger charge is 2.20. The molecule has 1 heterocycles. The lowest BCUT2D eigenvalue weighted by Crippen LogP contribution is -2.13. The Hall–Kier alpha value is -2.28. The van der Waals surface area contributed by atoms with Gasteiger partial charge in [0.05, 0.1) is 32.6 Å². The minimum absolute atomic E-state index is 0.276. The van der Waals surface area contributed by atoms with E-state index in [0.717, 1.165) is 25.0 Å². The van der Waals surface area contributed by atoms with Gasteiger partial charge in [0, 0.05) is 17.0 Å². The first-order valence-electron chi connectivity index (χ1n) is 8.26. The number of anilines is 1. The van der Waals surface area contributed by atoms with E-state index in [4.69, 9.17) is 14.2 Å². The molecule has 134 valence electrons. The van der Waals surface area contributed by atoms with Gasteiger partial charge in [-0.1, -0.05) is 6.42 Å². The van der Waals surface area contributed by atoms with Crippen LogP contribution in [0.3, 0.4) is 0 Å². The number of carbonyl (C=O) groups is 1. The lowest BCUT2D eigenvalue weighted by Gasteiger charge is -2.13. The van der Waals surface area contributed by atoms with Crippen LogP contribution >= 0.6 is 11.3 Å². The third-order valence-corrected chi connectivity index (χ3v) is 5.34. The molecule has 0 fully saturated rings. The van der Waals surface area contributed by atoms with Gasteiger partial charge in [-0.25, -0.2) is 4.98 Å². The second-order valence-corrected chi connectivity index (χ2v) is 6.89. The average Bonchev–Trinajstić information content (AvgIpc) is 2.88. The Morgan fingerprint density at radius 3 is 2.40 bits per heavy atom. The minimum atomic E-state index is -0.276. The highest BCUT2D eigenvalue weighted by molar-refractivity contribution is 7.15. The van der Waals surface area contributed by atoms with Crippen LogP contribution in [0.25, 0.3) is 0 Å². The molecule has 3 rings (SSSR count). The zero-order valence-electron chi connectivity index (χ0n) is 14.7. The predicted molar refractivity (Wildman–Crippen MR) is 97.4 cm³/mol. The summed E-state index contributed by atoms with van der Waals surface area (Å²) in [6.07, 6.45) is 5.62. The molecule has 2 aromatic rings. The van der Waals surface area contributed by atoms with E-state index in [1.165, 1.54) is 31.9 Å². The second-order valence-electron chi connectivity index (χ2n) is 5.81. The van der Waals surface area contributed by atoms with Gasteiger partial charge in [-0.15, -0.1) is 11.3 Å². The number of thiazole rings is 1. The number of carbonyl (C=O) groups excluding carboxylic acids is 1. The van der Waals surface area contributed by atoms with Crippen LogP contribution in [-0.2, 0) is 12.8 Å². The van der Waals surface area contributed by atoms with Gasteiger partial charge in [-0.3, -0.25) is 10.1 Å². The molecule has 25 heavy (non-hydrogen) atoms. The molecule has 0 saturated carbocycles. The van der Waals surface area contributed by atoms with Crippen molar-refractivity contribution >= 4 is 22.4 Å². The third kappa shape index (κ3) is 3.71. The second kappa shape index (κ2) is 7.74. The van der Waals surface area contributed by atoms with Gasteiger partial charge in [0.1, 0.15) is 5.75 Å². The molecule has 0 aliphatic heterocycles. The van der Waals surface area contributed by atoms with Crippen LogP contribution in [-0.4, -0.2) is 32.2 Å². The fourth-order valence-electron chi connectivity index (χ4n) is 2.95. The van der Waals surface area contributed by atoms with Crippen molar-refractivity contribution in [3.05, 3.63) is 28.3 Å². The van der Waals surface area contributed by atoms with Crippen molar-refractivity contribution in [1.82, 2.24) is 4.98 Å². The van der Waals surface area contributed by atoms with Gasteiger partial charge >= 0.3 is 0 Å². The third-order valence-electron chi connectivity index (χ3n) is 4.27. The van der Waals surface area contributed by atoms with Crippen LogP contribution in [0.4, 0.5) is 5.13 Å². The number of methoxy groups -OCH3 is 3. The van der Waals surface area contributed by atoms with Gasteiger partial charge in [0.2, 0.25) is 0 Å². The molecule has 1 aliphatic rings. The monoisotopic (exact) mass is 362 g/mol. The van der Waals surface area contributed by atoms with Gasteiger partial charge in [-0.2, -0.15) is 0 Å². The number of hydrogen-bond acceptors (Lipinski definition) is 6. The SMILES string of the molecule is COc1cc(OC)c(C(=O)Nc2nc3c(s2)CCCCC3)cc1OC. The largest absolute Gasteiger partial charge is 0.496 e. The summed E-state index contributed by atoms with van der Waals surface area (Å²) >= 11 is 1.56. The van der Waals surface area contributed by atoms with Crippen molar-refractivity contribution in [2.24, 2.45) is 0 Å². The molecular formula is C18H22N2O4S. The van der Waals surface area contributed by atoms with E-state index in [1.807, 2.05) is 0 Å². The highest BCUT2D eigenvalue weighted by atomic mass is 32.1. The molecule has 0 unspecified atom stereocenters. The minimum Gasteiger partial charge on any atom is -0.496 e. The standard InChI is InChI=1S/C18H22N2O4S/c1-22-13-10-15(24-3)14(23-2)9-11(13)17(21)20-18-19-12-7-5-4-6-8-16(12)25-18/h9-10H,4-8H2,1-3H3,(H,19,20,21). The molecule has 1 amide bonds. The number of aryl methyl sites for hydroxylation is 2. The molecule has 0 saturated heterocycles. The Kier molecular flexibility index (Phi) is 5.43. The Labute approximate surface area is 151 Å². The van der Waals surface area contributed by atoms with E-state index < -0.39 is 0 Å². The number of aromatic nitrogens is 1. The Bertz CT molecular complexity index is 749. The predicted octanol–water partition coefficient (Wildman–Crippen LogP) is 3.69. The van der Waals surface area contributed by atoms with Gasteiger partial charge in [-0.05, 0) is 25.7 Å². The molecule has 1 aliphatic carbocycles. The normalized spacial score (nSPS) is 13.6. The maximum Gasteiger partial charge on any atom is 0.261 e. The Morgan fingerprint density at radius 1 is 1.00 bits per heavy atom. The van der Waals surface area contributed by atoms with Crippen molar-refractivity contribution in [2.45, 2.75) is 32.1 Å². The Balaban J connectivity index is 1.86. The summed E-state index contributed by atoms with van der Waals surface area (Å²) in [4.78, 5) is 18.6. The maximum absolute atomic E-state index is 12.7. The van der Waals surface area contributed by atoms with Crippen molar-refractivity contribution in [3.8, 4) is 17.2 Å². The van der Waals surface area contributed by atoms with Crippen LogP contribution in [0.2, 0.25) is 0 Å².